The zero-order valence-electron chi connectivity index (χ0n) is 16.4. The Morgan fingerprint density at radius 1 is 1.23 bits per heavy atom. The number of pyridine rings is 1. The maximum absolute atomic E-state index is 10.7. The summed E-state index contributed by atoms with van der Waals surface area (Å²) in [5, 5.41) is 15.2. The van der Waals surface area contributed by atoms with E-state index in [1.807, 2.05) is 31.2 Å². The summed E-state index contributed by atoms with van der Waals surface area (Å²) in [6.07, 6.45) is 2.69. The molecule has 2 aromatic carbocycles. The number of hydrazone groups is 1. The number of hydrogen-bond acceptors (Lipinski definition) is 7. The van der Waals surface area contributed by atoms with Crippen LogP contribution in [0.15, 0.2) is 64.3 Å². The van der Waals surface area contributed by atoms with E-state index in [0.29, 0.717) is 41.1 Å². The molecule has 3 aromatic rings. The Morgan fingerprint density at radius 2 is 2.00 bits per heavy atom. The average molecular weight is 506 g/mol. The highest BCUT2D eigenvalue weighted by atomic mass is 79.9. The maximum atomic E-state index is 10.7. The zero-order valence-corrected chi connectivity index (χ0v) is 18.8. The molecule has 0 saturated heterocycles. The number of anilines is 1. The van der Waals surface area contributed by atoms with Crippen LogP contribution in [-0.2, 0) is 6.61 Å². The molecule has 31 heavy (non-hydrogen) atoms. The molecule has 1 aromatic heterocycles. The van der Waals surface area contributed by atoms with Crippen molar-refractivity contribution in [1.82, 2.24) is 4.98 Å². The SMILES string of the molecule is CCOc1cc(/C=N/Nc2ccc([N+](=O)[O-])cn2)cc(Cl)c1OCc1ccc(Br)cc1. The lowest BCUT2D eigenvalue weighted by molar-refractivity contribution is -0.385. The number of nitro groups is 1. The maximum Gasteiger partial charge on any atom is 0.287 e. The fraction of sp³-hybridized carbons (Fsp3) is 0.143. The van der Waals surface area contributed by atoms with Gasteiger partial charge < -0.3 is 9.47 Å². The zero-order chi connectivity index (χ0) is 22.2. The van der Waals surface area contributed by atoms with Crippen molar-refractivity contribution in [2.24, 2.45) is 5.10 Å². The summed E-state index contributed by atoms with van der Waals surface area (Å²) in [7, 11) is 0. The minimum Gasteiger partial charge on any atom is -0.490 e. The van der Waals surface area contributed by atoms with Gasteiger partial charge in [-0.15, -0.1) is 0 Å². The molecule has 0 amide bonds. The van der Waals surface area contributed by atoms with Crippen molar-refractivity contribution in [3.8, 4) is 11.5 Å². The van der Waals surface area contributed by atoms with Crippen molar-refractivity contribution >= 4 is 45.3 Å². The van der Waals surface area contributed by atoms with Crippen molar-refractivity contribution in [3.63, 3.8) is 0 Å². The molecule has 0 atom stereocenters. The Labute approximate surface area is 192 Å². The highest BCUT2D eigenvalue weighted by Gasteiger charge is 2.13. The summed E-state index contributed by atoms with van der Waals surface area (Å²) < 4.78 is 12.6. The number of nitrogens with one attached hydrogen (secondary N) is 1. The minimum atomic E-state index is -0.516. The lowest BCUT2D eigenvalue weighted by atomic mass is 10.2. The van der Waals surface area contributed by atoms with Gasteiger partial charge in [0.25, 0.3) is 5.69 Å². The molecule has 0 fully saturated rings. The molecule has 0 unspecified atom stereocenters. The molecule has 0 radical (unpaired) electrons. The summed E-state index contributed by atoms with van der Waals surface area (Å²) in [6, 6.07) is 14.1. The van der Waals surface area contributed by atoms with E-state index in [0.717, 1.165) is 16.2 Å². The van der Waals surface area contributed by atoms with Gasteiger partial charge >= 0.3 is 0 Å². The Kier molecular flexibility index (Phi) is 7.80. The van der Waals surface area contributed by atoms with Crippen LogP contribution >= 0.6 is 27.5 Å². The second kappa shape index (κ2) is 10.7. The summed E-state index contributed by atoms with van der Waals surface area (Å²) in [5.41, 5.74) is 4.29. The van der Waals surface area contributed by atoms with Gasteiger partial charge in [0.15, 0.2) is 11.5 Å². The Balaban J connectivity index is 1.71. The minimum absolute atomic E-state index is 0.0959. The number of benzene rings is 2. The third kappa shape index (κ3) is 6.40. The first-order valence-corrected chi connectivity index (χ1v) is 10.4. The Morgan fingerprint density at radius 3 is 2.65 bits per heavy atom. The van der Waals surface area contributed by atoms with E-state index in [1.54, 1.807) is 12.1 Å². The number of hydrogen-bond donors (Lipinski definition) is 1. The molecular formula is C21H18BrClN4O4. The van der Waals surface area contributed by atoms with Gasteiger partial charge in [-0.25, -0.2) is 4.98 Å². The second-order valence-corrected chi connectivity index (χ2v) is 7.53. The van der Waals surface area contributed by atoms with Crippen LogP contribution in [0.3, 0.4) is 0 Å². The number of nitrogens with zero attached hydrogens (tertiary/aromatic N) is 3. The van der Waals surface area contributed by atoms with Crippen molar-refractivity contribution in [2.75, 3.05) is 12.0 Å². The van der Waals surface area contributed by atoms with Crippen LogP contribution in [0.2, 0.25) is 5.02 Å². The highest BCUT2D eigenvalue weighted by molar-refractivity contribution is 9.10. The quantitative estimate of drug-likeness (QED) is 0.223. The summed E-state index contributed by atoms with van der Waals surface area (Å²) in [6.45, 7) is 2.65. The van der Waals surface area contributed by atoms with E-state index in [9.17, 15) is 10.1 Å². The second-order valence-electron chi connectivity index (χ2n) is 6.21. The van der Waals surface area contributed by atoms with Gasteiger partial charge in [-0.05, 0) is 48.4 Å². The van der Waals surface area contributed by atoms with Crippen molar-refractivity contribution in [3.05, 3.63) is 85.5 Å². The van der Waals surface area contributed by atoms with Crippen molar-refractivity contribution < 1.29 is 14.4 Å². The normalized spacial score (nSPS) is 10.8. The summed E-state index contributed by atoms with van der Waals surface area (Å²) in [5.74, 6) is 1.32. The van der Waals surface area contributed by atoms with Crippen LogP contribution < -0.4 is 14.9 Å². The van der Waals surface area contributed by atoms with Crippen LogP contribution in [0.1, 0.15) is 18.1 Å². The first kappa shape index (κ1) is 22.5. The molecule has 0 aliphatic heterocycles. The van der Waals surface area contributed by atoms with Gasteiger partial charge in [0.05, 0.1) is 22.8 Å². The van der Waals surface area contributed by atoms with Gasteiger partial charge in [0.2, 0.25) is 0 Å². The van der Waals surface area contributed by atoms with E-state index in [4.69, 9.17) is 21.1 Å². The first-order chi connectivity index (χ1) is 15.0. The van der Waals surface area contributed by atoms with E-state index in [-0.39, 0.29) is 5.69 Å². The molecule has 0 aliphatic carbocycles. The van der Waals surface area contributed by atoms with Gasteiger partial charge in [-0.1, -0.05) is 39.7 Å². The van der Waals surface area contributed by atoms with Crippen LogP contribution in [0.25, 0.3) is 0 Å². The topological polar surface area (TPSA) is 98.9 Å². The van der Waals surface area contributed by atoms with Crippen molar-refractivity contribution in [1.29, 1.82) is 0 Å². The fourth-order valence-electron chi connectivity index (χ4n) is 2.53. The van der Waals surface area contributed by atoms with Crippen LogP contribution in [0.4, 0.5) is 11.5 Å². The van der Waals surface area contributed by atoms with Crippen LogP contribution in [-0.4, -0.2) is 22.7 Å². The largest absolute Gasteiger partial charge is 0.490 e. The molecule has 10 heteroatoms. The number of rotatable bonds is 9. The highest BCUT2D eigenvalue weighted by Crippen LogP contribution is 2.37. The molecule has 160 valence electrons. The summed E-state index contributed by atoms with van der Waals surface area (Å²) in [4.78, 5) is 14.1. The van der Waals surface area contributed by atoms with Crippen molar-refractivity contribution in [2.45, 2.75) is 13.5 Å². The fourth-order valence-corrected chi connectivity index (χ4v) is 3.07. The standard InChI is InChI=1S/C21H18BrClN4O4/c1-2-30-19-10-15(11-25-26-20-8-7-17(12-24-20)27(28)29)9-18(23)21(19)31-13-14-3-5-16(22)6-4-14/h3-12H,2,13H2,1H3,(H,24,26)/b25-11+. The van der Waals surface area contributed by atoms with Gasteiger partial charge in [-0.2, -0.15) is 5.10 Å². The van der Waals surface area contributed by atoms with Crippen LogP contribution in [0.5, 0.6) is 11.5 Å². The van der Waals surface area contributed by atoms with E-state index < -0.39 is 4.92 Å². The predicted octanol–water partition coefficient (Wildman–Crippen LogP) is 5.83. The summed E-state index contributed by atoms with van der Waals surface area (Å²) >= 11 is 9.84. The predicted molar refractivity (Wildman–Crippen MR) is 123 cm³/mol. The molecule has 1 N–H and O–H groups in total. The van der Waals surface area contributed by atoms with E-state index in [1.165, 1.54) is 18.3 Å². The molecule has 0 spiro atoms. The van der Waals surface area contributed by atoms with E-state index in [2.05, 4.69) is 31.4 Å². The third-order valence-corrected chi connectivity index (χ3v) is 4.79. The average Bonchev–Trinajstić information content (AvgIpc) is 2.75. The van der Waals surface area contributed by atoms with Gasteiger partial charge in [-0.3, -0.25) is 15.5 Å². The lowest BCUT2D eigenvalue weighted by Gasteiger charge is -2.14. The van der Waals surface area contributed by atoms with E-state index >= 15 is 0 Å². The molecule has 1 heterocycles. The molecule has 8 nitrogen and oxygen atoms in total. The van der Waals surface area contributed by atoms with Gasteiger partial charge in [0, 0.05) is 10.5 Å². The number of aromatic nitrogens is 1. The monoisotopic (exact) mass is 504 g/mol. The molecule has 0 aliphatic rings. The number of ether oxygens (including phenoxy) is 2. The molecular weight excluding hydrogens is 488 g/mol. The smallest absolute Gasteiger partial charge is 0.287 e. The first-order valence-electron chi connectivity index (χ1n) is 9.19. The lowest BCUT2D eigenvalue weighted by Crippen LogP contribution is -2.02. The molecule has 0 bridgehead atoms. The number of halogens is 2. The Hall–Kier alpha value is -3.17. The third-order valence-electron chi connectivity index (χ3n) is 3.98. The molecule has 3 rings (SSSR count). The van der Waals surface area contributed by atoms with Crippen LogP contribution in [0, 0.1) is 10.1 Å². The van der Waals surface area contributed by atoms with Gasteiger partial charge in [0.1, 0.15) is 18.6 Å². The molecule has 0 saturated carbocycles. The Bertz CT molecular complexity index is 1080.